The van der Waals surface area contributed by atoms with Crippen LogP contribution in [0.4, 0.5) is 17.6 Å². The Morgan fingerprint density at radius 2 is 1.93 bits per heavy atom. The van der Waals surface area contributed by atoms with Crippen molar-refractivity contribution in [1.29, 1.82) is 0 Å². The Morgan fingerprint density at radius 1 is 1.15 bits per heavy atom. The predicted molar refractivity (Wildman–Crippen MR) is 91.2 cm³/mol. The number of nitrogens with zero attached hydrogens (tertiary/aromatic N) is 2. The minimum atomic E-state index is -1.31. The monoisotopic (exact) mass is 396 g/mol. The van der Waals surface area contributed by atoms with Crippen LogP contribution < -0.4 is 4.74 Å². The van der Waals surface area contributed by atoms with E-state index in [4.69, 9.17) is 4.74 Å². The number of hydrogen-bond acceptors (Lipinski definition) is 4. The fraction of sp³-hybridized carbons (Fsp3) is 0.222. The number of carbonyl (C=O) groups excluding carboxylic acids is 1. The van der Waals surface area contributed by atoms with E-state index in [1.807, 2.05) is 0 Å². The summed E-state index contributed by atoms with van der Waals surface area (Å²) in [5.74, 6) is -3.83. The maximum absolute atomic E-state index is 14.2. The number of hydrazone groups is 1. The average molecular weight is 396 g/mol. The molecule has 4 rings (SSSR count). The highest BCUT2D eigenvalue weighted by atomic mass is 32.2. The first kappa shape index (κ1) is 17.8. The van der Waals surface area contributed by atoms with Gasteiger partial charge in [0.1, 0.15) is 27.4 Å². The molecule has 0 saturated heterocycles. The predicted octanol–water partition coefficient (Wildman–Crippen LogP) is 4.14. The van der Waals surface area contributed by atoms with Crippen LogP contribution in [0.5, 0.6) is 5.75 Å². The summed E-state index contributed by atoms with van der Waals surface area (Å²) in [4.78, 5) is 10.9. The second-order valence-corrected chi connectivity index (χ2v) is 7.38. The maximum Gasteiger partial charge on any atom is 0.241 e. The highest BCUT2D eigenvalue weighted by Gasteiger charge is 2.52. The lowest BCUT2D eigenvalue weighted by Crippen LogP contribution is -2.44. The van der Waals surface area contributed by atoms with E-state index < -0.39 is 34.0 Å². The minimum absolute atomic E-state index is 0.0414. The smallest absolute Gasteiger partial charge is 0.241 e. The summed E-state index contributed by atoms with van der Waals surface area (Å²) in [5.41, 5.74) is -0.0462. The normalized spacial score (nSPS) is 21.1. The number of thioether (sulfide) groups is 1. The Bertz CT molecular complexity index is 998. The van der Waals surface area contributed by atoms with Crippen molar-refractivity contribution in [3.05, 3.63) is 64.7 Å². The molecule has 1 spiro atoms. The molecule has 1 unspecified atom stereocenters. The fourth-order valence-corrected chi connectivity index (χ4v) is 4.65. The Balaban J connectivity index is 1.89. The van der Waals surface area contributed by atoms with E-state index in [1.54, 1.807) is 0 Å². The summed E-state index contributed by atoms with van der Waals surface area (Å²) in [7, 11) is 0. The van der Waals surface area contributed by atoms with Crippen LogP contribution in [0.2, 0.25) is 0 Å². The first-order valence-electron chi connectivity index (χ1n) is 7.98. The summed E-state index contributed by atoms with van der Waals surface area (Å²) in [5, 5.41) is 5.25. The Labute approximate surface area is 155 Å². The first-order chi connectivity index (χ1) is 12.8. The van der Waals surface area contributed by atoms with Crippen molar-refractivity contribution in [2.75, 3.05) is 6.61 Å². The van der Waals surface area contributed by atoms with E-state index in [0.717, 1.165) is 41.0 Å². The molecule has 0 aromatic heterocycles. The number of carbonyl (C=O) groups is 1. The van der Waals surface area contributed by atoms with E-state index in [2.05, 4.69) is 5.10 Å². The number of hydrogen-bond donors (Lipinski definition) is 0. The van der Waals surface area contributed by atoms with E-state index in [0.29, 0.717) is 6.07 Å². The van der Waals surface area contributed by atoms with Crippen molar-refractivity contribution in [1.82, 2.24) is 5.01 Å². The summed E-state index contributed by atoms with van der Waals surface area (Å²) >= 11 is 0.942. The van der Waals surface area contributed by atoms with Crippen LogP contribution in [-0.2, 0) is 9.67 Å². The van der Waals surface area contributed by atoms with E-state index in [1.165, 1.54) is 6.92 Å². The quantitative estimate of drug-likeness (QED) is 0.681. The number of rotatable bonds is 1. The molecule has 0 aliphatic carbocycles. The van der Waals surface area contributed by atoms with Crippen molar-refractivity contribution in [3.63, 3.8) is 0 Å². The molecule has 27 heavy (non-hydrogen) atoms. The SMILES string of the molecule is CC(=O)N1N=C(c2cc(F)ccc2F)SC12CCOc1c(F)cc(F)cc12. The third-order valence-corrected chi connectivity index (χ3v) is 5.80. The minimum Gasteiger partial charge on any atom is -0.490 e. The number of halogens is 4. The third-order valence-electron chi connectivity index (χ3n) is 4.37. The molecule has 4 nitrogen and oxygen atoms in total. The number of benzene rings is 2. The maximum atomic E-state index is 14.2. The van der Waals surface area contributed by atoms with E-state index in [-0.39, 0.29) is 34.9 Å². The Kier molecular flexibility index (Phi) is 4.14. The summed E-state index contributed by atoms with van der Waals surface area (Å²) in [6, 6.07) is 4.63. The van der Waals surface area contributed by atoms with Gasteiger partial charge in [-0.25, -0.2) is 22.6 Å². The van der Waals surface area contributed by atoms with Gasteiger partial charge in [0.2, 0.25) is 5.91 Å². The topological polar surface area (TPSA) is 41.9 Å². The zero-order chi connectivity index (χ0) is 19.3. The standard InChI is InChI=1S/C18H12F4N2O2S/c1-9(25)24-18(4-5-26-16-13(18)7-11(20)8-15(16)22)27-17(23-24)12-6-10(19)2-3-14(12)21/h2-3,6-8H,4-5H2,1H3. The summed E-state index contributed by atoms with van der Waals surface area (Å²) in [6.07, 6.45) is 0.164. The highest BCUT2D eigenvalue weighted by Crippen LogP contribution is 2.54. The van der Waals surface area contributed by atoms with Gasteiger partial charge in [-0.2, -0.15) is 5.10 Å². The van der Waals surface area contributed by atoms with Crippen LogP contribution in [-0.4, -0.2) is 22.6 Å². The van der Waals surface area contributed by atoms with Gasteiger partial charge in [0.05, 0.1) is 6.61 Å². The lowest BCUT2D eigenvalue weighted by molar-refractivity contribution is -0.132. The summed E-state index contributed by atoms with van der Waals surface area (Å²) < 4.78 is 61.3. The van der Waals surface area contributed by atoms with Gasteiger partial charge in [0.15, 0.2) is 11.6 Å². The summed E-state index contributed by atoms with van der Waals surface area (Å²) in [6.45, 7) is 1.28. The molecule has 1 amide bonds. The van der Waals surface area contributed by atoms with Gasteiger partial charge in [-0.1, -0.05) is 11.8 Å². The molecular weight excluding hydrogens is 384 g/mol. The van der Waals surface area contributed by atoms with Crippen molar-refractivity contribution >= 4 is 22.7 Å². The molecule has 0 bridgehead atoms. The van der Waals surface area contributed by atoms with E-state index in [9.17, 15) is 22.4 Å². The molecule has 140 valence electrons. The van der Waals surface area contributed by atoms with Gasteiger partial charge in [-0.05, 0) is 24.3 Å². The molecule has 9 heteroatoms. The van der Waals surface area contributed by atoms with Gasteiger partial charge in [0.25, 0.3) is 0 Å². The van der Waals surface area contributed by atoms with Crippen LogP contribution >= 0.6 is 11.8 Å². The molecule has 0 saturated carbocycles. The second kappa shape index (κ2) is 6.26. The molecule has 0 radical (unpaired) electrons. The van der Waals surface area contributed by atoms with Crippen LogP contribution in [0.3, 0.4) is 0 Å². The molecule has 2 aromatic carbocycles. The van der Waals surface area contributed by atoms with Gasteiger partial charge in [-0.3, -0.25) is 4.79 Å². The zero-order valence-electron chi connectivity index (χ0n) is 13.9. The number of ether oxygens (including phenoxy) is 1. The van der Waals surface area contributed by atoms with Gasteiger partial charge >= 0.3 is 0 Å². The van der Waals surface area contributed by atoms with Gasteiger partial charge in [-0.15, -0.1) is 0 Å². The lowest BCUT2D eigenvalue weighted by atomic mass is 9.98. The van der Waals surface area contributed by atoms with Gasteiger partial charge in [0, 0.05) is 30.5 Å². The Hall–Kier alpha value is -2.55. The van der Waals surface area contributed by atoms with E-state index >= 15 is 0 Å². The van der Waals surface area contributed by atoms with Crippen molar-refractivity contribution in [3.8, 4) is 5.75 Å². The van der Waals surface area contributed by atoms with Crippen LogP contribution in [0.25, 0.3) is 0 Å². The number of fused-ring (bicyclic) bond motifs is 2. The largest absolute Gasteiger partial charge is 0.490 e. The number of amides is 1. The molecular formula is C18H12F4N2O2S. The van der Waals surface area contributed by atoms with Crippen molar-refractivity contribution in [2.24, 2.45) is 5.10 Å². The molecule has 2 aliphatic rings. The molecule has 2 aromatic rings. The molecule has 0 fully saturated rings. The highest BCUT2D eigenvalue weighted by molar-refractivity contribution is 8.15. The lowest BCUT2D eigenvalue weighted by Gasteiger charge is -2.39. The van der Waals surface area contributed by atoms with Crippen LogP contribution in [0.15, 0.2) is 35.4 Å². The average Bonchev–Trinajstić information content (AvgIpc) is 2.98. The zero-order valence-corrected chi connectivity index (χ0v) is 14.7. The first-order valence-corrected chi connectivity index (χ1v) is 8.79. The molecule has 1 atom stereocenters. The van der Waals surface area contributed by atoms with Crippen molar-refractivity contribution < 1.29 is 27.1 Å². The third kappa shape index (κ3) is 2.77. The van der Waals surface area contributed by atoms with Gasteiger partial charge < -0.3 is 4.74 Å². The second-order valence-electron chi connectivity index (χ2n) is 6.11. The Morgan fingerprint density at radius 3 is 2.67 bits per heavy atom. The van der Waals surface area contributed by atoms with Crippen LogP contribution in [0.1, 0.15) is 24.5 Å². The fourth-order valence-electron chi connectivity index (χ4n) is 3.24. The van der Waals surface area contributed by atoms with Crippen molar-refractivity contribution in [2.45, 2.75) is 18.2 Å². The molecule has 2 heterocycles. The molecule has 0 N–H and O–H groups in total. The van der Waals surface area contributed by atoms with Crippen LogP contribution in [0, 0.1) is 23.3 Å². The molecule has 2 aliphatic heterocycles.